The number of hydrogen-bond donors (Lipinski definition) is 2. The highest BCUT2D eigenvalue weighted by atomic mass is 19.4. The molecular formula is C15H21F3N2O. The van der Waals surface area contributed by atoms with Gasteiger partial charge in [0.05, 0.1) is 0 Å². The minimum Gasteiger partial charge on any atom is -0.406 e. The Morgan fingerprint density at radius 3 is 2.67 bits per heavy atom. The first-order chi connectivity index (χ1) is 9.89. The second-order valence-corrected chi connectivity index (χ2v) is 5.63. The minimum absolute atomic E-state index is 0.164. The first kappa shape index (κ1) is 16.1. The van der Waals surface area contributed by atoms with E-state index in [1.165, 1.54) is 25.0 Å². The molecule has 2 unspecified atom stereocenters. The molecule has 1 aromatic rings. The Morgan fingerprint density at radius 2 is 2.10 bits per heavy atom. The number of nitrogens with one attached hydrogen (secondary N) is 1. The standard InChI is InChI=1S/C15H21F3N2O/c1-10(11-5-6-11)9-20-14(8-19)12-3-2-4-13(7-12)21-15(16,17)18/h2-4,7,10-11,14,20H,5-6,8-9,19H2,1H3. The molecule has 1 aliphatic carbocycles. The lowest BCUT2D eigenvalue weighted by Crippen LogP contribution is -2.32. The molecule has 118 valence electrons. The van der Waals surface area contributed by atoms with Gasteiger partial charge in [0.2, 0.25) is 0 Å². The Labute approximate surface area is 122 Å². The van der Waals surface area contributed by atoms with E-state index < -0.39 is 6.36 Å². The van der Waals surface area contributed by atoms with Crippen LogP contribution in [0.25, 0.3) is 0 Å². The van der Waals surface area contributed by atoms with Crippen LogP contribution in [0.4, 0.5) is 13.2 Å². The summed E-state index contributed by atoms with van der Waals surface area (Å²) in [6.45, 7) is 3.32. The van der Waals surface area contributed by atoms with Gasteiger partial charge in [-0.05, 0) is 48.9 Å². The maximum absolute atomic E-state index is 12.2. The van der Waals surface area contributed by atoms with Crippen LogP contribution in [0.1, 0.15) is 31.4 Å². The zero-order chi connectivity index (χ0) is 15.5. The van der Waals surface area contributed by atoms with Crippen LogP contribution in [0.5, 0.6) is 5.75 Å². The van der Waals surface area contributed by atoms with Gasteiger partial charge < -0.3 is 15.8 Å². The molecule has 3 nitrogen and oxygen atoms in total. The maximum Gasteiger partial charge on any atom is 0.573 e. The van der Waals surface area contributed by atoms with Crippen LogP contribution in [-0.2, 0) is 0 Å². The van der Waals surface area contributed by atoms with E-state index in [1.807, 2.05) is 0 Å². The summed E-state index contributed by atoms with van der Waals surface area (Å²) in [5.41, 5.74) is 6.44. The van der Waals surface area contributed by atoms with E-state index in [4.69, 9.17) is 5.73 Å². The van der Waals surface area contributed by atoms with Gasteiger partial charge in [-0.3, -0.25) is 0 Å². The third-order valence-electron chi connectivity index (χ3n) is 3.84. The van der Waals surface area contributed by atoms with Gasteiger partial charge in [0.1, 0.15) is 5.75 Å². The first-order valence-electron chi connectivity index (χ1n) is 7.18. The number of rotatable bonds is 7. The predicted molar refractivity (Wildman–Crippen MR) is 74.8 cm³/mol. The second-order valence-electron chi connectivity index (χ2n) is 5.63. The van der Waals surface area contributed by atoms with Crippen LogP contribution in [0.2, 0.25) is 0 Å². The number of hydrogen-bond acceptors (Lipinski definition) is 3. The first-order valence-corrected chi connectivity index (χ1v) is 7.18. The van der Waals surface area contributed by atoms with Crippen molar-refractivity contribution in [2.45, 2.75) is 32.2 Å². The smallest absolute Gasteiger partial charge is 0.406 e. The molecule has 3 N–H and O–H groups in total. The van der Waals surface area contributed by atoms with Crippen molar-refractivity contribution in [3.05, 3.63) is 29.8 Å². The van der Waals surface area contributed by atoms with Crippen molar-refractivity contribution in [2.24, 2.45) is 17.6 Å². The predicted octanol–water partition coefficient (Wildman–Crippen LogP) is 3.22. The average Bonchev–Trinajstić information content (AvgIpc) is 3.22. The van der Waals surface area contributed by atoms with Crippen molar-refractivity contribution in [2.75, 3.05) is 13.1 Å². The molecule has 0 aliphatic heterocycles. The Bertz CT molecular complexity index is 460. The van der Waals surface area contributed by atoms with Crippen molar-refractivity contribution in [3.63, 3.8) is 0 Å². The number of benzene rings is 1. The summed E-state index contributed by atoms with van der Waals surface area (Å²) < 4.78 is 40.7. The van der Waals surface area contributed by atoms with Crippen LogP contribution in [-0.4, -0.2) is 19.5 Å². The third-order valence-corrected chi connectivity index (χ3v) is 3.84. The topological polar surface area (TPSA) is 47.3 Å². The van der Waals surface area contributed by atoms with E-state index in [2.05, 4.69) is 17.0 Å². The molecular weight excluding hydrogens is 281 g/mol. The van der Waals surface area contributed by atoms with E-state index in [0.29, 0.717) is 18.0 Å². The van der Waals surface area contributed by atoms with Gasteiger partial charge >= 0.3 is 6.36 Å². The van der Waals surface area contributed by atoms with Crippen molar-refractivity contribution < 1.29 is 17.9 Å². The van der Waals surface area contributed by atoms with Crippen LogP contribution >= 0.6 is 0 Å². The van der Waals surface area contributed by atoms with Crippen LogP contribution in [0.15, 0.2) is 24.3 Å². The van der Waals surface area contributed by atoms with Crippen LogP contribution in [0.3, 0.4) is 0 Å². The Kier molecular flexibility index (Phi) is 5.11. The molecule has 6 heteroatoms. The third kappa shape index (κ3) is 5.21. The molecule has 1 aliphatic rings. The molecule has 1 fully saturated rings. The quantitative estimate of drug-likeness (QED) is 0.813. The number of nitrogens with two attached hydrogens (primary N) is 1. The van der Waals surface area contributed by atoms with E-state index in [9.17, 15) is 13.2 Å². The Morgan fingerprint density at radius 1 is 1.38 bits per heavy atom. The average molecular weight is 302 g/mol. The van der Waals surface area contributed by atoms with Gasteiger partial charge in [0, 0.05) is 12.6 Å². The van der Waals surface area contributed by atoms with Gasteiger partial charge in [-0.15, -0.1) is 13.2 Å². The van der Waals surface area contributed by atoms with Crippen molar-refractivity contribution in [1.29, 1.82) is 0 Å². The Hall–Kier alpha value is -1.27. The summed E-state index contributed by atoms with van der Waals surface area (Å²) in [6, 6.07) is 5.82. The second kappa shape index (κ2) is 6.66. The molecule has 0 amide bonds. The molecule has 2 rings (SSSR count). The number of halogens is 3. The van der Waals surface area contributed by atoms with E-state index in [-0.39, 0.29) is 11.8 Å². The fourth-order valence-electron chi connectivity index (χ4n) is 2.43. The van der Waals surface area contributed by atoms with Gasteiger partial charge in [-0.2, -0.15) is 0 Å². The summed E-state index contributed by atoms with van der Waals surface area (Å²) in [7, 11) is 0. The zero-order valence-electron chi connectivity index (χ0n) is 12.0. The molecule has 0 heterocycles. The van der Waals surface area contributed by atoms with Gasteiger partial charge in [-0.1, -0.05) is 19.1 Å². The van der Waals surface area contributed by atoms with Crippen LogP contribution in [0, 0.1) is 11.8 Å². The molecule has 1 aromatic carbocycles. The molecule has 1 saturated carbocycles. The van der Waals surface area contributed by atoms with Crippen molar-refractivity contribution >= 4 is 0 Å². The van der Waals surface area contributed by atoms with Crippen molar-refractivity contribution in [1.82, 2.24) is 5.32 Å². The van der Waals surface area contributed by atoms with Gasteiger partial charge in [0.15, 0.2) is 0 Å². The zero-order valence-corrected chi connectivity index (χ0v) is 12.0. The highest BCUT2D eigenvalue weighted by molar-refractivity contribution is 5.31. The lowest BCUT2D eigenvalue weighted by Gasteiger charge is -2.21. The molecule has 0 spiro atoms. The van der Waals surface area contributed by atoms with Crippen LogP contribution < -0.4 is 15.8 Å². The largest absolute Gasteiger partial charge is 0.573 e. The summed E-state index contributed by atoms with van der Waals surface area (Å²) in [5, 5.41) is 3.34. The molecule has 2 atom stereocenters. The summed E-state index contributed by atoms with van der Waals surface area (Å²) >= 11 is 0. The molecule has 21 heavy (non-hydrogen) atoms. The molecule has 0 saturated heterocycles. The number of alkyl halides is 3. The normalized spacial score (nSPS) is 18.3. The SMILES string of the molecule is CC(CNC(CN)c1cccc(OC(F)(F)F)c1)C1CC1. The monoisotopic (exact) mass is 302 g/mol. The van der Waals surface area contributed by atoms with Gasteiger partial charge in [-0.25, -0.2) is 0 Å². The highest BCUT2D eigenvalue weighted by Crippen LogP contribution is 2.36. The summed E-state index contributed by atoms with van der Waals surface area (Å²) in [5.74, 6) is 1.12. The highest BCUT2D eigenvalue weighted by Gasteiger charge is 2.31. The van der Waals surface area contributed by atoms with Gasteiger partial charge in [0.25, 0.3) is 0 Å². The Balaban J connectivity index is 1.98. The fraction of sp³-hybridized carbons (Fsp3) is 0.600. The van der Waals surface area contributed by atoms with E-state index in [0.717, 1.165) is 12.5 Å². The minimum atomic E-state index is -4.68. The summed E-state index contributed by atoms with van der Waals surface area (Å²) in [6.07, 6.45) is -2.14. The fourth-order valence-corrected chi connectivity index (χ4v) is 2.43. The lowest BCUT2D eigenvalue weighted by atomic mass is 10.0. The van der Waals surface area contributed by atoms with Crippen molar-refractivity contribution in [3.8, 4) is 5.75 Å². The molecule has 0 bridgehead atoms. The van der Waals surface area contributed by atoms with E-state index in [1.54, 1.807) is 12.1 Å². The van der Waals surface area contributed by atoms with E-state index >= 15 is 0 Å². The maximum atomic E-state index is 12.2. The lowest BCUT2D eigenvalue weighted by molar-refractivity contribution is -0.274. The molecule has 0 aromatic heterocycles. The molecule has 0 radical (unpaired) electrons. The number of ether oxygens (including phenoxy) is 1. The summed E-state index contributed by atoms with van der Waals surface area (Å²) in [4.78, 5) is 0.